The number of ether oxygens (including phenoxy) is 1. The largest absolute Gasteiger partial charge is 0.483 e. The predicted octanol–water partition coefficient (Wildman–Crippen LogP) is 3.30. The molecule has 5 rings (SSSR count). The van der Waals surface area contributed by atoms with Crippen LogP contribution >= 0.6 is 0 Å². The zero-order chi connectivity index (χ0) is 22.6. The molecule has 3 aliphatic heterocycles. The van der Waals surface area contributed by atoms with Gasteiger partial charge in [0.25, 0.3) is 5.91 Å². The van der Waals surface area contributed by atoms with Gasteiger partial charge in [-0.1, -0.05) is 30.3 Å². The molecule has 1 unspecified atom stereocenters. The zero-order valence-electron chi connectivity index (χ0n) is 19.4. The number of hydrogen-bond acceptors (Lipinski definition) is 6. The average Bonchev–Trinajstić information content (AvgIpc) is 2.78. The van der Waals surface area contributed by atoms with Crippen molar-refractivity contribution in [3.8, 4) is 16.9 Å². The Kier molecular flexibility index (Phi) is 4.89. The first-order valence-electron chi connectivity index (χ1n) is 11.3. The zero-order valence-corrected chi connectivity index (χ0v) is 19.4. The minimum atomic E-state index is -0.346. The summed E-state index contributed by atoms with van der Waals surface area (Å²) in [5.74, 6) is 1.40. The molecule has 1 amide bonds. The number of benzene rings is 2. The molecule has 0 aromatic heterocycles. The number of amidine groups is 1. The second-order valence-corrected chi connectivity index (χ2v) is 9.60. The van der Waals surface area contributed by atoms with E-state index in [4.69, 9.17) is 4.74 Å². The second kappa shape index (κ2) is 7.52. The molecule has 3 aliphatic rings. The summed E-state index contributed by atoms with van der Waals surface area (Å²) in [7, 11) is 2.18. The van der Waals surface area contributed by atoms with Crippen molar-refractivity contribution < 1.29 is 9.53 Å². The van der Waals surface area contributed by atoms with E-state index >= 15 is 0 Å². The number of carbonyl (C=O) groups excluding carboxylic acids is 1. The third-order valence-corrected chi connectivity index (χ3v) is 7.11. The highest BCUT2D eigenvalue weighted by Crippen LogP contribution is 2.46. The summed E-state index contributed by atoms with van der Waals surface area (Å²) in [6.07, 6.45) is 0. The lowest BCUT2D eigenvalue weighted by Gasteiger charge is -2.56. The summed E-state index contributed by atoms with van der Waals surface area (Å²) < 4.78 is 6.10. The maximum absolute atomic E-state index is 12.4. The molecule has 1 saturated heterocycles. The number of nitrogens with zero attached hydrogens (tertiary/aromatic N) is 4. The van der Waals surface area contributed by atoms with E-state index in [1.807, 2.05) is 17.9 Å². The van der Waals surface area contributed by atoms with Gasteiger partial charge in [-0.25, -0.2) is 5.43 Å². The number of likely N-dealkylation sites (tertiary alicyclic amines) is 1. The third kappa shape index (κ3) is 3.23. The molecule has 2 aromatic rings. The van der Waals surface area contributed by atoms with Crippen LogP contribution < -0.4 is 20.0 Å². The van der Waals surface area contributed by atoms with Crippen molar-refractivity contribution in [2.24, 2.45) is 5.10 Å². The van der Waals surface area contributed by atoms with Gasteiger partial charge in [-0.05, 0) is 45.4 Å². The van der Waals surface area contributed by atoms with Crippen LogP contribution in [0.3, 0.4) is 0 Å². The predicted molar refractivity (Wildman–Crippen MR) is 128 cm³/mol. The lowest BCUT2D eigenvalue weighted by atomic mass is 9.87. The fourth-order valence-electron chi connectivity index (χ4n) is 4.88. The van der Waals surface area contributed by atoms with Gasteiger partial charge in [-0.3, -0.25) is 9.69 Å². The molecule has 7 nitrogen and oxygen atoms in total. The minimum Gasteiger partial charge on any atom is -0.483 e. The maximum Gasteiger partial charge on any atom is 0.262 e. The molecule has 168 valence electrons. The number of amides is 1. The topological polar surface area (TPSA) is 60.4 Å². The number of likely N-dealkylation sites (N-methyl/N-ethyl adjacent to an activating group) is 1. The van der Waals surface area contributed by atoms with Crippen LogP contribution in [0.4, 0.5) is 11.4 Å². The van der Waals surface area contributed by atoms with Crippen molar-refractivity contribution in [1.29, 1.82) is 0 Å². The van der Waals surface area contributed by atoms with Crippen LogP contribution in [0.1, 0.15) is 27.7 Å². The Balaban J connectivity index is 1.63. The lowest BCUT2D eigenvalue weighted by Crippen LogP contribution is -2.69. The summed E-state index contributed by atoms with van der Waals surface area (Å²) in [4.78, 5) is 19.3. The molecule has 2 aromatic carbocycles. The Labute approximate surface area is 189 Å². The fourth-order valence-corrected chi connectivity index (χ4v) is 4.88. The van der Waals surface area contributed by atoms with Crippen molar-refractivity contribution in [1.82, 2.24) is 10.3 Å². The number of rotatable bonds is 4. The molecule has 32 heavy (non-hydrogen) atoms. The van der Waals surface area contributed by atoms with Gasteiger partial charge < -0.3 is 14.5 Å². The van der Waals surface area contributed by atoms with Crippen LogP contribution in [0, 0.1) is 0 Å². The number of fused-ring (bicyclic) bond motifs is 3. The summed E-state index contributed by atoms with van der Waals surface area (Å²) in [5, 5.41) is 4.24. The second-order valence-electron chi connectivity index (χ2n) is 9.60. The van der Waals surface area contributed by atoms with E-state index in [0.717, 1.165) is 47.2 Å². The van der Waals surface area contributed by atoms with Crippen LogP contribution in [0.5, 0.6) is 5.75 Å². The van der Waals surface area contributed by atoms with Crippen LogP contribution in [-0.2, 0) is 4.79 Å². The van der Waals surface area contributed by atoms with Gasteiger partial charge in [0, 0.05) is 37.4 Å². The van der Waals surface area contributed by atoms with Crippen molar-refractivity contribution in [2.45, 2.75) is 45.3 Å². The molecule has 1 N–H and O–H groups in total. The monoisotopic (exact) mass is 433 g/mol. The fraction of sp³-hybridized carbons (Fsp3) is 0.440. The highest BCUT2D eigenvalue weighted by Gasteiger charge is 2.44. The molecule has 3 heterocycles. The Morgan fingerprint density at radius 1 is 1.22 bits per heavy atom. The number of anilines is 2. The molecular formula is C25H31N5O2. The van der Waals surface area contributed by atoms with E-state index in [0.29, 0.717) is 12.6 Å². The van der Waals surface area contributed by atoms with Crippen molar-refractivity contribution in [2.75, 3.05) is 36.5 Å². The van der Waals surface area contributed by atoms with Crippen molar-refractivity contribution >= 4 is 23.1 Å². The summed E-state index contributed by atoms with van der Waals surface area (Å²) in [5.41, 5.74) is 6.93. The van der Waals surface area contributed by atoms with Gasteiger partial charge in [0.2, 0.25) is 0 Å². The Bertz CT molecular complexity index is 1080. The standard InChI is InChI=1S/C25H31N5O2/c1-16(2)29-14-25(4,15-29)28(5)20-12-21-22(11-19(20)18-9-7-6-8-10-18)32-13-23-26-27-24(31)17(3)30(21)23/h6-12,16-17H,13-15H2,1-5H3,(H,27,31). The first-order chi connectivity index (χ1) is 15.3. The van der Waals surface area contributed by atoms with Crippen molar-refractivity contribution in [3.05, 3.63) is 42.5 Å². The molecule has 0 bridgehead atoms. The molecule has 0 aliphatic carbocycles. The molecule has 0 saturated carbocycles. The van der Waals surface area contributed by atoms with Crippen LogP contribution in [0.15, 0.2) is 47.6 Å². The van der Waals surface area contributed by atoms with Crippen molar-refractivity contribution in [3.63, 3.8) is 0 Å². The molecule has 1 atom stereocenters. The van der Waals surface area contributed by atoms with Gasteiger partial charge in [0.15, 0.2) is 5.84 Å². The van der Waals surface area contributed by atoms with E-state index in [1.54, 1.807) is 0 Å². The first kappa shape index (κ1) is 20.8. The van der Waals surface area contributed by atoms with Gasteiger partial charge in [-0.15, -0.1) is 0 Å². The Hall–Kier alpha value is -3.06. The van der Waals surface area contributed by atoms with E-state index in [-0.39, 0.29) is 17.5 Å². The molecule has 0 radical (unpaired) electrons. The van der Waals surface area contributed by atoms with E-state index < -0.39 is 0 Å². The molecule has 1 fully saturated rings. The molecule has 0 spiro atoms. The highest BCUT2D eigenvalue weighted by atomic mass is 16.5. The van der Waals surface area contributed by atoms with Crippen LogP contribution in [0.25, 0.3) is 11.1 Å². The number of nitrogens with one attached hydrogen (secondary N) is 1. The number of carbonyl (C=O) groups is 1. The highest BCUT2D eigenvalue weighted by molar-refractivity contribution is 6.10. The third-order valence-electron chi connectivity index (χ3n) is 7.11. The van der Waals surface area contributed by atoms with Crippen LogP contribution in [-0.4, -0.2) is 61.0 Å². The summed E-state index contributed by atoms with van der Waals surface area (Å²) >= 11 is 0. The Morgan fingerprint density at radius 3 is 2.62 bits per heavy atom. The SMILES string of the molecule is CC(C)N1CC(C)(N(C)c2cc3c(cc2-c2ccccc2)OCC2=NNC(=O)C(C)N23)C1. The molecule has 7 heteroatoms. The van der Waals surface area contributed by atoms with Gasteiger partial charge in [0.1, 0.15) is 18.4 Å². The van der Waals surface area contributed by atoms with E-state index in [9.17, 15) is 4.79 Å². The Morgan fingerprint density at radius 2 is 1.94 bits per heavy atom. The van der Waals surface area contributed by atoms with Gasteiger partial charge in [-0.2, -0.15) is 5.10 Å². The summed E-state index contributed by atoms with van der Waals surface area (Å²) in [6, 6.07) is 14.9. The number of hydrazone groups is 1. The normalized spacial score (nSPS) is 21.7. The molecular weight excluding hydrogens is 402 g/mol. The number of hydrogen-bond donors (Lipinski definition) is 1. The first-order valence-corrected chi connectivity index (χ1v) is 11.3. The van der Waals surface area contributed by atoms with E-state index in [1.165, 1.54) is 0 Å². The lowest BCUT2D eigenvalue weighted by molar-refractivity contribution is -0.122. The van der Waals surface area contributed by atoms with Gasteiger partial charge in [0.05, 0.1) is 11.2 Å². The smallest absolute Gasteiger partial charge is 0.262 e. The van der Waals surface area contributed by atoms with Crippen LogP contribution in [0.2, 0.25) is 0 Å². The minimum absolute atomic E-state index is 0.0272. The van der Waals surface area contributed by atoms with E-state index in [2.05, 4.69) is 84.5 Å². The van der Waals surface area contributed by atoms with Gasteiger partial charge >= 0.3 is 0 Å². The summed E-state index contributed by atoms with van der Waals surface area (Å²) in [6.45, 7) is 11.1. The average molecular weight is 434 g/mol. The maximum atomic E-state index is 12.4. The quantitative estimate of drug-likeness (QED) is 0.802.